The smallest absolute Gasteiger partial charge is 0.339 e. The molecule has 0 unspecified atom stereocenters. The first-order valence-corrected chi connectivity index (χ1v) is 17.1. The fourth-order valence-electron chi connectivity index (χ4n) is 4.78. The lowest BCUT2D eigenvalue weighted by Crippen LogP contribution is -2.33. The molecule has 4 aromatic rings. The molecule has 1 aliphatic rings. The lowest BCUT2D eigenvalue weighted by molar-refractivity contribution is -0.134. The number of anilines is 3. The summed E-state index contributed by atoms with van der Waals surface area (Å²) in [6.45, 7) is 6.56. The SMILES string of the molecule is CC(=O)C(C)=O.COCCOc1cc2ncnc(Nc3ccc(F)c(Cl)c3)c2cc1NC(=O)C=C1CCN(CCOC)CC1.O=C(O)c1ccccc1O. The van der Waals surface area contributed by atoms with Crippen LogP contribution in [0.5, 0.6) is 11.5 Å². The van der Waals surface area contributed by atoms with Crippen LogP contribution in [0.2, 0.25) is 5.02 Å². The number of para-hydroxylation sites is 1. The largest absolute Gasteiger partial charge is 0.507 e. The summed E-state index contributed by atoms with van der Waals surface area (Å²) in [5, 5.41) is 24.1. The number of Topliss-reactive ketones (excluding diaryl/α,β-unsaturated/α-hetero) is 2. The molecule has 288 valence electrons. The second-order valence-corrected chi connectivity index (χ2v) is 12.2. The maximum Gasteiger partial charge on any atom is 0.339 e. The molecule has 1 fully saturated rings. The Morgan fingerprint density at radius 2 is 1.63 bits per heavy atom. The highest BCUT2D eigenvalue weighted by Gasteiger charge is 2.17. The Morgan fingerprint density at radius 1 is 0.944 bits per heavy atom. The molecule has 3 aromatic carbocycles. The number of phenols is 1. The quantitative estimate of drug-likeness (QED) is 0.0699. The summed E-state index contributed by atoms with van der Waals surface area (Å²) in [5.74, 6) is -1.89. The van der Waals surface area contributed by atoms with E-state index in [-0.39, 0.29) is 33.8 Å². The predicted octanol–water partition coefficient (Wildman–Crippen LogP) is 6.05. The van der Waals surface area contributed by atoms with Crippen molar-refractivity contribution in [3.8, 4) is 11.5 Å². The van der Waals surface area contributed by atoms with Gasteiger partial charge < -0.3 is 40.0 Å². The number of ether oxygens (including phenoxy) is 3. The number of rotatable bonds is 13. The van der Waals surface area contributed by atoms with E-state index in [4.69, 9.17) is 36.0 Å². The molecule has 5 rings (SSSR count). The Bertz CT molecular complexity index is 1940. The number of piperidine rings is 1. The molecule has 1 amide bonds. The second-order valence-electron chi connectivity index (χ2n) is 11.7. The number of nitrogens with zero attached hydrogens (tertiary/aromatic N) is 3. The highest BCUT2D eigenvalue weighted by atomic mass is 35.5. The number of amides is 1. The van der Waals surface area contributed by atoms with Gasteiger partial charge in [0.1, 0.15) is 41.6 Å². The zero-order valence-corrected chi connectivity index (χ0v) is 31.1. The minimum absolute atomic E-state index is 0.00675. The molecule has 0 aliphatic carbocycles. The molecule has 0 atom stereocenters. The average molecular weight is 768 g/mol. The van der Waals surface area contributed by atoms with E-state index >= 15 is 0 Å². The van der Waals surface area contributed by atoms with Gasteiger partial charge >= 0.3 is 5.97 Å². The topological polar surface area (TPSA) is 190 Å². The van der Waals surface area contributed by atoms with Crippen molar-refractivity contribution in [3.63, 3.8) is 0 Å². The van der Waals surface area contributed by atoms with Crippen LogP contribution in [0.15, 0.2) is 72.6 Å². The second kappa shape index (κ2) is 21.9. The van der Waals surface area contributed by atoms with E-state index in [1.807, 2.05) is 0 Å². The van der Waals surface area contributed by atoms with Gasteiger partial charge in [0.2, 0.25) is 5.91 Å². The molecule has 14 nitrogen and oxygen atoms in total. The molecule has 16 heteroatoms. The lowest BCUT2D eigenvalue weighted by atomic mass is 10.0. The lowest BCUT2D eigenvalue weighted by Gasteiger charge is -2.27. The summed E-state index contributed by atoms with van der Waals surface area (Å²) in [5.41, 5.74) is 2.66. The van der Waals surface area contributed by atoms with Crippen molar-refractivity contribution in [2.75, 3.05) is 64.3 Å². The number of carboxylic acids is 1. The molecule has 2 heterocycles. The fourth-order valence-corrected chi connectivity index (χ4v) is 4.96. The first-order valence-electron chi connectivity index (χ1n) is 16.7. The van der Waals surface area contributed by atoms with E-state index in [2.05, 4.69) is 25.5 Å². The number of ketones is 2. The van der Waals surface area contributed by atoms with Crippen LogP contribution in [0.3, 0.4) is 0 Å². The Kier molecular flexibility index (Phi) is 17.4. The predicted molar refractivity (Wildman–Crippen MR) is 202 cm³/mol. The van der Waals surface area contributed by atoms with Gasteiger partial charge in [0.25, 0.3) is 0 Å². The number of carbonyl (C=O) groups excluding carboxylic acids is 3. The number of benzene rings is 3. The van der Waals surface area contributed by atoms with E-state index in [1.54, 1.807) is 50.6 Å². The first kappa shape index (κ1) is 42.9. The van der Waals surface area contributed by atoms with Crippen molar-refractivity contribution in [1.82, 2.24) is 14.9 Å². The number of likely N-dealkylation sites (tertiary alicyclic amines) is 1. The molecule has 0 bridgehead atoms. The molecule has 1 aromatic heterocycles. The molecule has 1 saturated heterocycles. The van der Waals surface area contributed by atoms with Crippen molar-refractivity contribution in [1.29, 1.82) is 0 Å². The molecule has 1 aliphatic heterocycles. The minimum atomic E-state index is -1.11. The Balaban J connectivity index is 0.000000405. The van der Waals surface area contributed by atoms with Gasteiger partial charge in [0, 0.05) is 70.9 Å². The van der Waals surface area contributed by atoms with Crippen molar-refractivity contribution >= 4 is 63.1 Å². The van der Waals surface area contributed by atoms with E-state index in [0.29, 0.717) is 53.7 Å². The zero-order valence-electron chi connectivity index (χ0n) is 30.4. The van der Waals surface area contributed by atoms with Crippen LogP contribution in [-0.4, -0.2) is 102 Å². The Labute approximate surface area is 316 Å². The van der Waals surface area contributed by atoms with Crippen molar-refractivity contribution < 1.29 is 48.0 Å². The van der Waals surface area contributed by atoms with Crippen molar-refractivity contribution in [3.05, 3.63) is 89.0 Å². The highest BCUT2D eigenvalue weighted by molar-refractivity contribution is 6.35. The molecule has 0 spiro atoms. The van der Waals surface area contributed by atoms with Gasteiger partial charge in [-0.05, 0) is 49.2 Å². The number of hydrogen-bond donors (Lipinski definition) is 4. The van der Waals surface area contributed by atoms with Gasteiger partial charge in [-0.1, -0.05) is 29.3 Å². The van der Waals surface area contributed by atoms with Crippen LogP contribution in [0, 0.1) is 5.82 Å². The maximum atomic E-state index is 13.6. The highest BCUT2D eigenvalue weighted by Crippen LogP contribution is 2.34. The summed E-state index contributed by atoms with van der Waals surface area (Å²) < 4.78 is 29.8. The third-order valence-electron chi connectivity index (χ3n) is 7.80. The summed E-state index contributed by atoms with van der Waals surface area (Å²) in [6, 6.07) is 13.6. The van der Waals surface area contributed by atoms with Gasteiger partial charge in [-0.2, -0.15) is 0 Å². The Morgan fingerprint density at radius 3 is 2.22 bits per heavy atom. The third kappa shape index (κ3) is 13.8. The molecule has 54 heavy (non-hydrogen) atoms. The maximum absolute atomic E-state index is 13.6. The van der Waals surface area contributed by atoms with Gasteiger partial charge in [0.15, 0.2) is 11.6 Å². The molecular formula is C38H43ClFN5O9. The number of nitrogens with one attached hydrogen (secondary N) is 2. The third-order valence-corrected chi connectivity index (χ3v) is 8.09. The number of carboxylic acid groups (broad SMARTS) is 1. The van der Waals surface area contributed by atoms with Crippen molar-refractivity contribution in [2.45, 2.75) is 26.7 Å². The van der Waals surface area contributed by atoms with Crippen LogP contribution >= 0.6 is 11.6 Å². The number of aromatic carboxylic acids is 1. The minimum Gasteiger partial charge on any atom is -0.507 e. The molecular weight excluding hydrogens is 725 g/mol. The first-order chi connectivity index (χ1) is 25.8. The van der Waals surface area contributed by atoms with E-state index in [9.17, 15) is 23.6 Å². The molecule has 4 N–H and O–H groups in total. The van der Waals surface area contributed by atoms with Crippen LogP contribution < -0.4 is 15.4 Å². The number of fused-ring (bicyclic) bond motifs is 1. The van der Waals surface area contributed by atoms with Crippen LogP contribution in [0.4, 0.5) is 21.6 Å². The van der Waals surface area contributed by atoms with Gasteiger partial charge in [0.05, 0.1) is 29.4 Å². The van der Waals surface area contributed by atoms with Crippen molar-refractivity contribution in [2.24, 2.45) is 0 Å². The summed E-state index contributed by atoms with van der Waals surface area (Å²) >= 11 is 5.94. The van der Waals surface area contributed by atoms with E-state index in [1.165, 1.54) is 44.4 Å². The summed E-state index contributed by atoms with van der Waals surface area (Å²) in [6.07, 6.45) is 4.73. The number of hydrogen-bond acceptors (Lipinski definition) is 12. The van der Waals surface area contributed by atoms with Crippen LogP contribution in [0.1, 0.15) is 37.0 Å². The number of aromatic hydroxyl groups is 1. The zero-order chi connectivity index (χ0) is 39.6. The summed E-state index contributed by atoms with van der Waals surface area (Å²) in [7, 11) is 3.29. The summed E-state index contributed by atoms with van der Waals surface area (Å²) in [4.78, 5) is 53.9. The average Bonchev–Trinajstić information content (AvgIpc) is 3.14. The number of halogens is 2. The van der Waals surface area contributed by atoms with Gasteiger partial charge in [-0.15, -0.1) is 0 Å². The van der Waals surface area contributed by atoms with E-state index in [0.717, 1.165) is 38.0 Å². The monoisotopic (exact) mass is 767 g/mol. The van der Waals surface area contributed by atoms with Crippen LogP contribution in [0.25, 0.3) is 10.9 Å². The standard InChI is InChI=1S/C27H31ClFN5O4.C7H6O3.C4H6O2/c1-36-10-9-34-7-5-18(6-8-34)13-26(35)33-24-15-20-23(16-25(24)38-12-11-37-2)30-17-31-27(20)32-19-3-4-22(29)21(28)14-19;8-6-4-2-1-3-5(6)7(9)10;1-3(5)4(2)6/h3-4,13-17H,5-12H2,1-2H3,(H,33,35)(H,30,31,32);1-4,8H,(H,9,10);1-2H3. The number of aromatic nitrogens is 2. The normalized spacial score (nSPS) is 12.4. The van der Waals surface area contributed by atoms with Gasteiger partial charge in [-0.3, -0.25) is 14.4 Å². The Hall–Kier alpha value is -5.48. The van der Waals surface area contributed by atoms with Gasteiger partial charge in [-0.25, -0.2) is 19.2 Å². The number of carbonyl (C=O) groups is 4. The fraction of sp³-hybridized carbons (Fsp3) is 0.316. The van der Waals surface area contributed by atoms with Crippen LogP contribution in [-0.2, 0) is 23.9 Å². The van der Waals surface area contributed by atoms with E-state index < -0.39 is 11.8 Å². The molecule has 0 radical (unpaired) electrons. The number of methoxy groups -OCH3 is 2. The molecule has 0 saturated carbocycles.